The van der Waals surface area contributed by atoms with Crippen molar-refractivity contribution in [3.05, 3.63) is 29.8 Å². The molecule has 0 unspecified atom stereocenters. The summed E-state index contributed by atoms with van der Waals surface area (Å²) in [5.74, 6) is 1.04. The molecule has 23 heavy (non-hydrogen) atoms. The van der Waals surface area contributed by atoms with Crippen LogP contribution < -0.4 is 10.1 Å². The Balaban J connectivity index is 1.64. The number of amides is 1. The van der Waals surface area contributed by atoms with Crippen LogP contribution in [0.1, 0.15) is 18.4 Å². The van der Waals surface area contributed by atoms with Gasteiger partial charge in [0.25, 0.3) is 0 Å². The van der Waals surface area contributed by atoms with Gasteiger partial charge in [-0.2, -0.15) is 0 Å². The van der Waals surface area contributed by atoms with Crippen molar-refractivity contribution in [2.75, 3.05) is 47.4 Å². The summed E-state index contributed by atoms with van der Waals surface area (Å²) in [6.07, 6.45) is 2.51. The van der Waals surface area contributed by atoms with Gasteiger partial charge in [-0.1, -0.05) is 12.1 Å². The molecule has 1 N–H and O–H groups in total. The molecule has 1 amide bonds. The fraction of sp³-hybridized carbons (Fsp3) is 0.611. The summed E-state index contributed by atoms with van der Waals surface area (Å²) in [6, 6.07) is 8.43. The molecule has 0 aliphatic carbocycles. The maximum absolute atomic E-state index is 12.1. The number of rotatable bonds is 7. The smallest absolute Gasteiger partial charge is 0.221 e. The van der Waals surface area contributed by atoms with Gasteiger partial charge in [0.2, 0.25) is 5.91 Å². The minimum absolute atomic E-state index is 0.159. The fourth-order valence-electron chi connectivity index (χ4n) is 2.92. The minimum Gasteiger partial charge on any atom is -0.497 e. The summed E-state index contributed by atoms with van der Waals surface area (Å²) in [4.78, 5) is 16.7. The number of ether oxygens (including phenoxy) is 1. The molecule has 5 heteroatoms. The number of nitrogens with one attached hydrogen (secondary N) is 1. The molecule has 1 saturated heterocycles. The van der Waals surface area contributed by atoms with E-state index in [-0.39, 0.29) is 5.91 Å². The van der Waals surface area contributed by atoms with Crippen LogP contribution in [0.3, 0.4) is 0 Å². The maximum Gasteiger partial charge on any atom is 0.221 e. The zero-order valence-electron chi connectivity index (χ0n) is 14.5. The Morgan fingerprint density at radius 2 is 2.00 bits per heavy atom. The molecule has 1 aliphatic rings. The maximum atomic E-state index is 12.1. The average molecular weight is 319 g/mol. The number of hydrogen-bond donors (Lipinski definition) is 1. The van der Waals surface area contributed by atoms with Crippen molar-refractivity contribution in [1.82, 2.24) is 15.1 Å². The number of methoxy groups -OCH3 is 1. The number of carbonyl (C=O) groups excluding carboxylic acids is 1. The van der Waals surface area contributed by atoms with Crippen LogP contribution in [0.5, 0.6) is 5.75 Å². The predicted octanol–water partition coefficient (Wildman–Crippen LogP) is 1.38. The van der Waals surface area contributed by atoms with Crippen LogP contribution >= 0.6 is 0 Å². The van der Waals surface area contributed by atoms with Crippen molar-refractivity contribution in [3.63, 3.8) is 0 Å². The molecular weight excluding hydrogens is 290 g/mol. The first-order chi connectivity index (χ1) is 11.1. The van der Waals surface area contributed by atoms with E-state index in [0.717, 1.165) is 44.8 Å². The first kappa shape index (κ1) is 17.8. The van der Waals surface area contributed by atoms with Crippen LogP contribution in [0.15, 0.2) is 24.3 Å². The summed E-state index contributed by atoms with van der Waals surface area (Å²) >= 11 is 0. The lowest BCUT2D eigenvalue weighted by Crippen LogP contribution is -2.51. The van der Waals surface area contributed by atoms with E-state index < -0.39 is 0 Å². The average Bonchev–Trinajstić information content (AvgIpc) is 2.55. The zero-order valence-corrected chi connectivity index (χ0v) is 14.5. The molecule has 2 rings (SSSR count). The number of benzene rings is 1. The lowest BCUT2D eigenvalue weighted by molar-refractivity contribution is -0.122. The van der Waals surface area contributed by atoms with Crippen LogP contribution in [-0.4, -0.2) is 69.1 Å². The van der Waals surface area contributed by atoms with Gasteiger partial charge in [-0.05, 0) is 44.6 Å². The molecule has 1 aromatic rings. The molecule has 1 aliphatic heterocycles. The van der Waals surface area contributed by atoms with Gasteiger partial charge in [0.1, 0.15) is 5.75 Å². The lowest BCUT2D eigenvalue weighted by Gasteiger charge is -2.37. The molecule has 0 radical (unpaired) electrons. The second-order valence-electron chi connectivity index (χ2n) is 6.40. The van der Waals surface area contributed by atoms with Crippen LogP contribution in [0.4, 0.5) is 0 Å². The van der Waals surface area contributed by atoms with Gasteiger partial charge >= 0.3 is 0 Å². The highest BCUT2D eigenvalue weighted by molar-refractivity contribution is 5.76. The SMILES string of the molecule is COc1ccc(CCCNC(=O)C[C@H]2CN(C)CCN2C)cc1. The van der Waals surface area contributed by atoms with E-state index >= 15 is 0 Å². The number of carbonyl (C=O) groups is 1. The van der Waals surface area contributed by atoms with E-state index in [9.17, 15) is 4.79 Å². The molecule has 0 aromatic heterocycles. The number of hydrogen-bond acceptors (Lipinski definition) is 4. The topological polar surface area (TPSA) is 44.8 Å². The third kappa shape index (κ3) is 5.84. The van der Waals surface area contributed by atoms with Gasteiger partial charge in [0, 0.05) is 38.6 Å². The Kier molecular flexibility index (Phi) is 6.86. The standard InChI is InChI=1S/C18H29N3O2/c1-20-11-12-21(2)16(14-20)13-18(22)19-10-4-5-15-6-8-17(23-3)9-7-15/h6-9,16H,4-5,10-14H2,1-3H3,(H,19,22)/t16-/m0/s1. The third-order valence-corrected chi connectivity index (χ3v) is 4.52. The van der Waals surface area contributed by atoms with Crippen molar-refractivity contribution in [1.29, 1.82) is 0 Å². The Hall–Kier alpha value is -1.59. The van der Waals surface area contributed by atoms with E-state index in [1.807, 2.05) is 12.1 Å². The first-order valence-corrected chi connectivity index (χ1v) is 8.37. The number of piperazine rings is 1. The second-order valence-corrected chi connectivity index (χ2v) is 6.40. The summed E-state index contributed by atoms with van der Waals surface area (Å²) in [6.45, 7) is 3.81. The Morgan fingerprint density at radius 3 is 2.70 bits per heavy atom. The molecule has 0 spiro atoms. The second kappa shape index (κ2) is 8.89. The minimum atomic E-state index is 0.159. The molecule has 5 nitrogen and oxygen atoms in total. The Labute approximate surface area is 139 Å². The van der Waals surface area contributed by atoms with Crippen LogP contribution in [0.25, 0.3) is 0 Å². The first-order valence-electron chi connectivity index (χ1n) is 8.37. The van der Waals surface area contributed by atoms with Gasteiger partial charge in [-0.25, -0.2) is 0 Å². The lowest BCUT2D eigenvalue weighted by atomic mass is 10.1. The summed E-state index contributed by atoms with van der Waals surface area (Å²) < 4.78 is 5.15. The molecule has 0 saturated carbocycles. The molecule has 1 fully saturated rings. The van der Waals surface area contributed by atoms with Gasteiger partial charge in [-0.15, -0.1) is 0 Å². The van der Waals surface area contributed by atoms with E-state index in [4.69, 9.17) is 4.74 Å². The predicted molar refractivity (Wildman–Crippen MR) is 92.9 cm³/mol. The van der Waals surface area contributed by atoms with Gasteiger partial charge < -0.3 is 19.9 Å². The third-order valence-electron chi connectivity index (χ3n) is 4.52. The van der Waals surface area contributed by atoms with Gasteiger partial charge in [0.05, 0.1) is 7.11 Å². The molecular formula is C18H29N3O2. The van der Waals surface area contributed by atoms with Gasteiger partial charge in [-0.3, -0.25) is 4.79 Å². The number of likely N-dealkylation sites (N-methyl/N-ethyl adjacent to an activating group) is 2. The number of aryl methyl sites for hydroxylation is 1. The van der Waals surface area contributed by atoms with Crippen LogP contribution in [0.2, 0.25) is 0 Å². The Morgan fingerprint density at radius 1 is 1.26 bits per heavy atom. The largest absolute Gasteiger partial charge is 0.497 e. The van der Waals surface area contributed by atoms with Crippen molar-refractivity contribution >= 4 is 5.91 Å². The molecule has 1 aromatic carbocycles. The van der Waals surface area contributed by atoms with Crippen LogP contribution in [0, 0.1) is 0 Å². The summed E-state index contributed by atoms with van der Waals surface area (Å²) in [5.41, 5.74) is 1.27. The molecule has 1 atom stereocenters. The highest BCUT2D eigenvalue weighted by atomic mass is 16.5. The van der Waals surface area contributed by atoms with Crippen molar-refractivity contribution in [2.24, 2.45) is 0 Å². The van der Waals surface area contributed by atoms with E-state index in [1.54, 1.807) is 7.11 Å². The normalized spacial score (nSPS) is 19.5. The monoisotopic (exact) mass is 319 g/mol. The van der Waals surface area contributed by atoms with Gasteiger partial charge in [0.15, 0.2) is 0 Å². The quantitative estimate of drug-likeness (QED) is 0.771. The van der Waals surface area contributed by atoms with E-state index in [1.165, 1.54) is 5.56 Å². The number of nitrogens with zero attached hydrogens (tertiary/aromatic N) is 2. The van der Waals surface area contributed by atoms with E-state index in [0.29, 0.717) is 12.5 Å². The highest BCUT2D eigenvalue weighted by Gasteiger charge is 2.24. The fourth-order valence-corrected chi connectivity index (χ4v) is 2.92. The highest BCUT2D eigenvalue weighted by Crippen LogP contribution is 2.12. The van der Waals surface area contributed by atoms with Crippen molar-refractivity contribution < 1.29 is 9.53 Å². The molecule has 0 bridgehead atoms. The molecule has 1 heterocycles. The van der Waals surface area contributed by atoms with Crippen molar-refractivity contribution in [3.8, 4) is 5.75 Å². The zero-order chi connectivity index (χ0) is 16.7. The van der Waals surface area contributed by atoms with Crippen molar-refractivity contribution in [2.45, 2.75) is 25.3 Å². The van der Waals surface area contributed by atoms with E-state index in [2.05, 4.69) is 41.3 Å². The summed E-state index contributed by atoms with van der Waals surface area (Å²) in [5, 5.41) is 3.05. The molecule has 128 valence electrons. The Bertz CT molecular complexity index is 490. The summed E-state index contributed by atoms with van der Waals surface area (Å²) in [7, 11) is 5.90. The van der Waals surface area contributed by atoms with Crippen LogP contribution in [-0.2, 0) is 11.2 Å².